The van der Waals surface area contributed by atoms with Gasteiger partial charge in [0.15, 0.2) is 0 Å². The molecular weight excluding hydrogens is 1070 g/mol. The molecule has 8 amide bonds. The molecule has 7 aromatic carbocycles. The van der Waals surface area contributed by atoms with E-state index < -0.39 is 73.6 Å². The lowest BCUT2D eigenvalue weighted by Gasteiger charge is -2.44. The van der Waals surface area contributed by atoms with Crippen molar-refractivity contribution in [1.29, 1.82) is 0 Å². The molecule has 6 N–H and O–H groups in total. The number of urea groups is 2. The number of amides is 8. The maximum absolute atomic E-state index is 14.7. The Labute approximate surface area is 483 Å². The second-order valence-corrected chi connectivity index (χ2v) is 21.7. The van der Waals surface area contributed by atoms with Crippen LogP contribution in [-0.4, -0.2) is 153 Å². The predicted octanol–water partition coefficient (Wildman–Crippen LogP) is 5.86. The number of nitrogens with zero attached hydrogens (tertiary/aromatic N) is 7. The number of rotatable bonds is 15. The summed E-state index contributed by atoms with van der Waals surface area (Å²) in [7, 11) is 0. The molecule has 0 bridgehead atoms. The summed E-state index contributed by atoms with van der Waals surface area (Å²) in [4.78, 5) is 99.6. The van der Waals surface area contributed by atoms with Crippen molar-refractivity contribution in [3.05, 3.63) is 209 Å². The van der Waals surface area contributed by atoms with Crippen LogP contribution in [0, 0.1) is 0 Å². The van der Waals surface area contributed by atoms with Crippen LogP contribution in [0.2, 0.25) is 0 Å². The van der Waals surface area contributed by atoms with Crippen molar-refractivity contribution in [3.8, 4) is 22.6 Å². The number of aromatic nitrogens is 1. The average molecular weight is 1130 g/mol. The van der Waals surface area contributed by atoms with E-state index in [-0.39, 0.29) is 75.4 Å². The fourth-order valence-corrected chi connectivity index (χ4v) is 12.5. The van der Waals surface area contributed by atoms with Crippen molar-refractivity contribution in [3.63, 3.8) is 0 Å². The second kappa shape index (κ2) is 23.2. The van der Waals surface area contributed by atoms with Gasteiger partial charge in [-0.15, -0.1) is 0 Å². The highest BCUT2D eigenvalue weighted by molar-refractivity contribution is 5.98. The molecule has 426 valence electrons. The van der Waals surface area contributed by atoms with Crippen LogP contribution in [0.1, 0.15) is 33.4 Å². The number of hydrogen-bond donors (Lipinski definition) is 6. The first-order valence-corrected chi connectivity index (χ1v) is 27.9. The molecule has 0 radical (unpaired) electrons. The van der Waals surface area contributed by atoms with Crippen LogP contribution in [0.25, 0.3) is 32.8 Å². The van der Waals surface area contributed by atoms with Gasteiger partial charge >= 0.3 is 12.1 Å². The van der Waals surface area contributed by atoms with Crippen LogP contribution in [0.3, 0.4) is 0 Å². The monoisotopic (exact) mass is 1130 g/mol. The van der Waals surface area contributed by atoms with Gasteiger partial charge in [0, 0.05) is 50.6 Å². The van der Waals surface area contributed by atoms with E-state index >= 15 is 0 Å². The van der Waals surface area contributed by atoms with Crippen molar-refractivity contribution in [2.75, 3.05) is 26.3 Å². The highest BCUT2D eigenvalue weighted by Gasteiger charge is 2.57. The molecule has 5 heterocycles. The Morgan fingerprint density at radius 2 is 0.964 bits per heavy atom. The van der Waals surface area contributed by atoms with Gasteiger partial charge in [-0.3, -0.25) is 34.0 Å². The van der Waals surface area contributed by atoms with Gasteiger partial charge in [-0.25, -0.2) is 9.59 Å². The lowest BCUT2D eigenvalue weighted by molar-refractivity contribution is -0.153. The minimum Gasteiger partial charge on any atom is -0.508 e. The molecule has 0 saturated carbocycles. The summed E-state index contributed by atoms with van der Waals surface area (Å²) in [6, 6.07) is 45.6. The quantitative estimate of drug-likeness (QED) is 0.0711. The van der Waals surface area contributed by atoms with E-state index in [0.29, 0.717) is 11.1 Å². The summed E-state index contributed by atoms with van der Waals surface area (Å²) in [5, 5.41) is 49.9. The topological polar surface area (TPSA) is 240 Å². The lowest BCUT2D eigenvalue weighted by atomic mass is 9.96. The highest BCUT2D eigenvalue weighted by atomic mass is 16.3. The van der Waals surface area contributed by atoms with Gasteiger partial charge in [0.05, 0.1) is 31.8 Å². The number of aliphatic hydroxyl groups is 2. The molecule has 0 spiro atoms. The fourth-order valence-electron chi connectivity index (χ4n) is 12.5. The molecule has 1 aromatic heterocycles. The second-order valence-electron chi connectivity index (χ2n) is 21.7. The fraction of sp³-hybridized carbons (Fsp3) is 0.246. The summed E-state index contributed by atoms with van der Waals surface area (Å²) in [6.45, 7) is -0.664. The number of hydrogen-bond acceptors (Lipinski definition) is 11. The van der Waals surface area contributed by atoms with Crippen molar-refractivity contribution in [2.45, 2.75) is 75.5 Å². The number of carbonyl (C=O) groups is 6. The maximum Gasteiger partial charge on any atom is 0.320 e. The number of carbonyl (C=O) groups excluding carboxylic acids is 6. The summed E-state index contributed by atoms with van der Waals surface area (Å²) in [6.07, 6.45) is 0.149. The van der Waals surface area contributed by atoms with Gasteiger partial charge in [0.25, 0.3) is 0 Å². The molecule has 8 aromatic rings. The van der Waals surface area contributed by atoms with Crippen LogP contribution in [-0.2, 0) is 58.2 Å². The van der Waals surface area contributed by atoms with Crippen LogP contribution in [0.4, 0.5) is 9.59 Å². The first-order chi connectivity index (χ1) is 40.8. The molecule has 4 fully saturated rings. The number of aliphatic hydroxyl groups excluding tert-OH is 2. The van der Waals surface area contributed by atoms with E-state index in [0.717, 1.165) is 55.1 Å². The Morgan fingerprint density at radius 1 is 0.476 bits per heavy atom. The zero-order valence-electron chi connectivity index (χ0n) is 45.6. The van der Waals surface area contributed by atoms with Gasteiger partial charge < -0.3 is 50.7 Å². The Bertz CT molecular complexity index is 3810. The predicted molar refractivity (Wildman–Crippen MR) is 311 cm³/mol. The number of piperazine rings is 2. The van der Waals surface area contributed by atoms with E-state index in [4.69, 9.17) is 0 Å². The molecule has 4 saturated heterocycles. The van der Waals surface area contributed by atoms with E-state index in [1.807, 2.05) is 115 Å². The van der Waals surface area contributed by atoms with Crippen LogP contribution < -0.4 is 10.6 Å². The van der Waals surface area contributed by atoms with Crippen LogP contribution in [0.5, 0.6) is 11.5 Å². The third kappa shape index (κ3) is 10.5. The largest absolute Gasteiger partial charge is 0.508 e. The minimum atomic E-state index is -1.24. The van der Waals surface area contributed by atoms with Gasteiger partial charge in [0.2, 0.25) is 23.6 Å². The summed E-state index contributed by atoms with van der Waals surface area (Å²) in [5.74, 6) is -1.57. The Morgan fingerprint density at radius 3 is 1.50 bits per heavy atom. The maximum atomic E-state index is 14.7. The van der Waals surface area contributed by atoms with Gasteiger partial charge in [-0.1, -0.05) is 127 Å². The Kier molecular flexibility index (Phi) is 15.1. The van der Waals surface area contributed by atoms with E-state index in [1.165, 1.54) is 43.9 Å². The van der Waals surface area contributed by atoms with Crippen molar-refractivity contribution in [1.82, 2.24) is 45.0 Å². The van der Waals surface area contributed by atoms with E-state index in [1.54, 1.807) is 40.3 Å². The molecule has 4 aliphatic rings. The molecule has 19 heteroatoms. The van der Waals surface area contributed by atoms with Crippen molar-refractivity contribution >= 4 is 57.4 Å². The molecule has 0 unspecified atom stereocenters. The van der Waals surface area contributed by atoms with Gasteiger partial charge in [-0.2, -0.15) is 0 Å². The normalized spacial score (nSPS) is 20.5. The summed E-state index contributed by atoms with van der Waals surface area (Å²) < 4.78 is 0. The third-order valence-corrected chi connectivity index (χ3v) is 16.7. The number of aromatic hydroxyl groups is 2. The van der Waals surface area contributed by atoms with Crippen LogP contribution >= 0.6 is 0 Å². The zero-order valence-corrected chi connectivity index (χ0v) is 45.6. The molecule has 84 heavy (non-hydrogen) atoms. The van der Waals surface area contributed by atoms with E-state index in [9.17, 15) is 49.2 Å². The minimum absolute atomic E-state index is 0.00000739. The van der Waals surface area contributed by atoms with Crippen molar-refractivity contribution < 1.29 is 49.2 Å². The SMILES string of the molecule is O=C1[C@H](Cc2ccc(O)cc2)N2C(=O)[C@H](CO)N(C(=O)NCc3ccccc3)[C@H]2CN1Cc1cccc2cc(-c3ccc(CNC(=O)N4[C@H]5CN(Cc6cccc7ncccc67)C(=O)[C@H](Cc6ccc(O)cc6)N5C(=O)[C@@H]4CO)cc3)ccc12. The Hall–Kier alpha value is -9.85. The van der Waals surface area contributed by atoms with Crippen molar-refractivity contribution in [2.24, 2.45) is 0 Å². The number of benzene rings is 7. The number of phenols is 2. The third-order valence-electron chi connectivity index (χ3n) is 16.7. The molecule has 12 rings (SSSR count). The number of pyridine rings is 1. The molecule has 19 nitrogen and oxygen atoms in total. The standard InChI is InChI=1S/C65H61N9O10/c75-38-56-62(81)71-54(29-40-16-23-49(77)24-17-40)60(79)69(36-58(71)73(56)64(83)67-32-42-7-2-1-3-8-42)34-47-10-4-9-46-31-45(22-27-51(46)47)44-20-14-43(15-21-44)33-68-65(84)74-57(39-76)63(82)72-55(30-41-18-25-50(78)26-19-41)61(80)70(37-59(72)74)35-48-11-5-13-53-52(48)12-6-28-66-53/h1-28,31,54-59,75-78H,29-30,32-39H2,(H,67,83)(H,68,84)/t54-,55-,56-,57-,58-,59-/m0/s1. The number of phenolic OH excluding ortho intramolecular Hbond substituents is 2. The van der Waals surface area contributed by atoms with E-state index in [2.05, 4.69) is 21.7 Å². The average Bonchev–Trinajstić information content (AvgIpc) is 1.94. The lowest BCUT2D eigenvalue weighted by Crippen LogP contribution is -2.64. The summed E-state index contributed by atoms with van der Waals surface area (Å²) in [5.41, 5.74) is 7.27. The molecule has 4 aliphatic heterocycles. The first kappa shape index (κ1) is 54.7. The smallest absolute Gasteiger partial charge is 0.320 e. The molecule has 6 atom stereocenters. The first-order valence-electron chi connectivity index (χ1n) is 27.9. The summed E-state index contributed by atoms with van der Waals surface area (Å²) >= 11 is 0. The molecular formula is C65H61N9O10. The van der Waals surface area contributed by atoms with Crippen LogP contribution in [0.15, 0.2) is 176 Å². The zero-order chi connectivity index (χ0) is 58.2. The highest BCUT2D eigenvalue weighted by Crippen LogP contribution is 2.36. The number of fused-ring (bicyclic) bond motifs is 4. The molecule has 0 aliphatic carbocycles. The van der Waals surface area contributed by atoms with Gasteiger partial charge in [-0.05, 0) is 97.7 Å². The Balaban J connectivity index is 0.755. The number of nitrogens with one attached hydrogen (secondary N) is 2. The van der Waals surface area contributed by atoms with Gasteiger partial charge in [0.1, 0.15) is 48.0 Å².